The summed E-state index contributed by atoms with van der Waals surface area (Å²) < 4.78 is 5.32. The Morgan fingerprint density at radius 2 is 2.12 bits per heavy atom. The van der Waals surface area contributed by atoms with Crippen LogP contribution in [0.1, 0.15) is 33.1 Å². The van der Waals surface area contributed by atoms with Gasteiger partial charge in [0.2, 0.25) is 5.91 Å². The SMILES string of the molecule is CC(C)C1(C(=O)NC2CCOCC2)CCNC1. The highest BCUT2D eigenvalue weighted by Crippen LogP contribution is 2.34. The summed E-state index contributed by atoms with van der Waals surface area (Å²) in [5, 5.41) is 6.55. The molecule has 0 aliphatic carbocycles. The van der Waals surface area contributed by atoms with E-state index >= 15 is 0 Å². The Kier molecular flexibility index (Phi) is 4.05. The Morgan fingerprint density at radius 3 is 2.65 bits per heavy atom. The highest BCUT2D eigenvalue weighted by molar-refractivity contribution is 5.83. The summed E-state index contributed by atoms with van der Waals surface area (Å²) in [6.45, 7) is 7.63. The Morgan fingerprint density at radius 1 is 1.41 bits per heavy atom. The number of hydrogen-bond acceptors (Lipinski definition) is 3. The number of nitrogens with one attached hydrogen (secondary N) is 2. The first-order valence-corrected chi connectivity index (χ1v) is 6.74. The number of hydrogen-bond donors (Lipinski definition) is 2. The monoisotopic (exact) mass is 240 g/mol. The Bertz CT molecular complexity index is 267. The Labute approximate surface area is 103 Å². The molecule has 4 heteroatoms. The highest BCUT2D eigenvalue weighted by Gasteiger charge is 2.44. The first-order valence-electron chi connectivity index (χ1n) is 6.74. The topological polar surface area (TPSA) is 50.4 Å². The van der Waals surface area contributed by atoms with Gasteiger partial charge in [0.05, 0.1) is 5.41 Å². The van der Waals surface area contributed by atoms with E-state index in [4.69, 9.17) is 4.74 Å². The Hall–Kier alpha value is -0.610. The molecule has 0 bridgehead atoms. The van der Waals surface area contributed by atoms with Gasteiger partial charge in [-0.3, -0.25) is 4.79 Å². The van der Waals surface area contributed by atoms with Gasteiger partial charge in [0, 0.05) is 25.8 Å². The van der Waals surface area contributed by atoms with Crippen molar-refractivity contribution in [1.82, 2.24) is 10.6 Å². The quantitative estimate of drug-likeness (QED) is 0.771. The molecule has 0 aromatic rings. The van der Waals surface area contributed by atoms with Crippen LogP contribution in [-0.4, -0.2) is 38.3 Å². The van der Waals surface area contributed by atoms with Crippen molar-refractivity contribution < 1.29 is 9.53 Å². The average Bonchev–Trinajstić information content (AvgIpc) is 2.80. The van der Waals surface area contributed by atoms with E-state index in [0.717, 1.165) is 45.6 Å². The maximum Gasteiger partial charge on any atom is 0.228 e. The second-order valence-electron chi connectivity index (χ2n) is 5.60. The minimum absolute atomic E-state index is 0.196. The molecule has 1 amide bonds. The number of rotatable bonds is 3. The number of carbonyl (C=O) groups is 1. The van der Waals surface area contributed by atoms with E-state index in [1.807, 2.05) is 0 Å². The van der Waals surface area contributed by atoms with Crippen LogP contribution in [0.15, 0.2) is 0 Å². The summed E-state index contributed by atoms with van der Waals surface area (Å²) >= 11 is 0. The van der Waals surface area contributed by atoms with Crippen LogP contribution in [0.4, 0.5) is 0 Å². The van der Waals surface area contributed by atoms with Crippen molar-refractivity contribution in [2.24, 2.45) is 11.3 Å². The van der Waals surface area contributed by atoms with Gasteiger partial charge in [-0.1, -0.05) is 13.8 Å². The van der Waals surface area contributed by atoms with Gasteiger partial charge in [-0.2, -0.15) is 0 Å². The van der Waals surface area contributed by atoms with Crippen LogP contribution in [0.25, 0.3) is 0 Å². The fraction of sp³-hybridized carbons (Fsp3) is 0.923. The van der Waals surface area contributed by atoms with E-state index in [9.17, 15) is 4.79 Å². The van der Waals surface area contributed by atoms with E-state index in [1.54, 1.807) is 0 Å². The normalized spacial score (nSPS) is 30.8. The van der Waals surface area contributed by atoms with E-state index in [2.05, 4.69) is 24.5 Å². The summed E-state index contributed by atoms with van der Waals surface area (Å²) in [7, 11) is 0. The molecule has 2 N–H and O–H groups in total. The molecule has 0 aromatic heterocycles. The molecule has 2 heterocycles. The zero-order valence-electron chi connectivity index (χ0n) is 10.9. The lowest BCUT2D eigenvalue weighted by Gasteiger charge is -2.34. The second-order valence-corrected chi connectivity index (χ2v) is 5.60. The largest absolute Gasteiger partial charge is 0.381 e. The lowest BCUT2D eigenvalue weighted by Crippen LogP contribution is -2.50. The van der Waals surface area contributed by atoms with Crippen LogP contribution in [0, 0.1) is 11.3 Å². The summed E-state index contributed by atoms with van der Waals surface area (Å²) in [5.74, 6) is 0.627. The summed E-state index contributed by atoms with van der Waals surface area (Å²) in [6, 6.07) is 0.312. The number of amides is 1. The molecule has 0 spiro atoms. The first-order chi connectivity index (χ1) is 8.15. The minimum Gasteiger partial charge on any atom is -0.381 e. The molecule has 98 valence electrons. The fourth-order valence-corrected chi connectivity index (χ4v) is 2.83. The lowest BCUT2D eigenvalue weighted by molar-refractivity contribution is -0.133. The summed E-state index contributed by atoms with van der Waals surface area (Å²) in [6.07, 6.45) is 2.86. The van der Waals surface area contributed by atoms with Crippen molar-refractivity contribution >= 4 is 5.91 Å². The van der Waals surface area contributed by atoms with Crippen molar-refractivity contribution in [3.8, 4) is 0 Å². The molecule has 2 saturated heterocycles. The number of ether oxygens (including phenoxy) is 1. The second kappa shape index (κ2) is 5.36. The molecule has 2 aliphatic heterocycles. The van der Waals surface area contributed by atoms with E-state index < -0.39 is 0 Å². The predicted molar refractivity (Wildman–Crippen MR) is 66.7 cm³/mol. The maximum atomic E-state index is 12.5. The molecule has 0 saturated carbocycles. The van der Waals surface area contributed by atoms with Crippen molar-refractivity contribution in [2.45, 2.75) is 39.2 Å². The molecule has 1 unspecified atom stereocenters. The van der Waals surface area contributed by atoms with Crippen molar-refractivity contribution in [3.05, 3.63) is 0 Å². The van der Waals surface area contributed by atoms with Crippen molar-refractivity contribution in [2.75, 3.05) is 26.3 Å². The third kappa shape index (κ3) is 2.63. The standard InChI is InChI=1S/C13H24N2O2/c1-10(2)13(5-6-14-9-13)12(16)15-11-3-7-17-8-4-11/h10-11,14H,3-9H2,1-2H3,(H,15,16). The molecular weight excluding hydrogens is 216 g/mol. The van der Waals surface area contributed by atoms with E-state index in [1.165, 1.54) is 0 Å². The molecular formula is C13H24N2O2. The zero-order chi connectivity index (χ0) is 12.3. The van der Waals surface area contributed by atoms with Crippen LogP contribution in [-0.2, 0) is 9.53 Å². The average molecular weight is 240 g/mol. The van der Waals surface area contributed by atoms with E-state index in [0.29, 0.717) is 12.0 Å². The molecule has 17 heavy (non-hydrogen) atoms. The van der Waals surface area contributed by atoms with Gasteiger partial charge in [0.25, 0.3) is 0 Å². The third-order valence-electron chi connectivity index (χ3n) is 4.30. The lowest BCUT2D eigenvalue weighted by atomic mass is 9.75. The van der Waals surface area contributed by atoms with Gasteiger partial charge in [0.1, 0.15) is 0 Å². The molecule has 4 nitrogen and oxygen atoms in total. The minimum atomic E-state index is -0.196. The van der Waals surface area contributed by atoms with Gasteiger partial charge in [-0.15, -0.1) is 0 Å². The summed E-state index contributed by atoms with van der Waals surface area (Å²) in [5.41, 5.74) is -0.196. The van der Waals surface area contributed by atoms with Crippen molar-refractivity contribution in [3.63, 3.8) is 0 Å². The molecule has 0 radical (unpaired) electrons. The Balaban J connectivity index is 1.96. The van der Waals surface area contributed by atoms with Crippen LogP contribution in [0.2, 0.25) is 0 Å². The van der Waals surface area contributed by atoms with Crippen LogP contribution in [0.3, 0.4) is 0 Å². The predicted octanol–water partition coefficient (Wildman–Crippen LogP) is 0.917. The molecule has 0 aromatic carbocycles. The zero-order valence-corrected chi connectivity index (χ0v) is 10.9. The van der Waals surface area contributed by atoms with Crippen LogP contribution < -0.4 is 10.6 Å². The number of carbonyl (C=O) groups excluding carboxylic acids is 1. The maximum absolute atomic E-state index is 12.5. The van der Waals surface area contributed by atoms with Crippen molar-refractivity contribution in [1.29, 1.82) is 0 Å². The van der Waals surface area contributed by atoms with E-state index in [-0.39, 0.29) is 11.3 Å². The van der Waals surface area contributed by atoms with Gasteiger partial charge in [-0.25, -0.2) is 0 Å². The smallest absolute Gasteiger partial charge is 0.228 e. The first kappa shape index (κ1) is 12.8. The summed E-state index contributed by atoms with van der Waals surface area (Å²) in [4.78, 5) is 12.5. The van der Waals surface area contributed by atoms with Crippen LogP contribution >= 0.6 is 0 Å². The van der Waals surface area contributed by atoms with Gasteiger partial charge in [-0.05, 0) is 31.7 Å². The van der Waals surface area contributed by atoms with Gasteiger partial charge < -0.3 is 15.4 Å². The molecule has 2 rings (SSSR count). The highest BCUT2D eigenvalue weighted by atomic mass is 16.5. The molecule has 2 aliphatic rings. The molecule has 1 atom stereocenters. The fourth-order valence-electron chi connectivity index (χ4n) is 2.83. The third-order valence-corrected chi connectivity index (χ3v) is 4.30. The molecule has 2 fully saturated rings. The van der Waals surface area contributed by atoms with Gasteiger partial charge in [0.15, 0.2) is 0 Å². The van der Waals surface area contributed by atoms with Crippen LogP contribution in [0.5, 0.6) is 0 Å². The van der Waals surface area contributed by atoms with Gasteiger partial charge >= 0.3 is 0 Å².